The molecule has 0 bridgehead atoms. The van der Waals surface area contributed by atoms with Crippen LogP contribution in [0.3, 0.4) is 0 Å². The van der Waals surface area contributed by atoms with Crippen molar-refractivity contribution in [1.29, 1.82) is 0 Å². The first-order valence-electron chi connectivity index (χ1n) is 9.52. The minimum Gasteiger partial charge on any atom is -0.507 e. The topological polar surface area (TPSA) is 58.9 Å². The smallest absolute Gasteiger partial charge is 0.306 e. The van der Waals surface area contributed by atoms with Crippen molar-refractivity contribution in [1.82, 2.24) is 0 Å². The van der Waals surface area contributed by atoms with Crippen LogP contribution in [0.15, 0.2) is 77.8 Å². The number of carbonyl (C=O) groups excluding carboxylic acids is 1. The summed E-state index contributed by atoms with van der Waals surface area (Å²) in [7, 11) is 0. The Morgan fingerprint density at radius 2 is 1.77 bits per heavy atom. The second-order valence-corrected chi connectivity index (χ2v) is 7.08. The van der Waals surface area contributed by atoms with E-state index in [9.17, 15) is 14.3 Å². The number of hydrogen-bond acceptors (Lipinski definition) is 4. The summed E-state index contributed by atoms with van der Waals surface area (Å²) in [5, 5.41) is 10.8. The van der Waals surface area contributed by atoms with E-state index in [1.54, 1.807) is 24.3 Å². The van der Waals surface area contributed by atoms with Crippen LogP contribution >= 0.6 is 11.6 Å². The monoisotopic (exact) mass is 425 g/mol. The average molecular weight is 426 g/mol. The van der Waals surface area contributed by atoms with E-state index in [0.29, 0.717) is 29.3 Å². The molecule has 0 aliphatic rings. The number of carbonyl (C=O) groups is 1. The number of rotatable bonds is 8. The number of phenols is 1. The van der Waals surface area contributed by atoms with Crippen molar-refractivity contribution >= 4 is 23.3 Å². The lowest BCUT2D eigenvalue weighted by Gasteiger charge is -2.10. The SMILES string of the molecule is O=C(CCCN=C(c1ccc(Cl)cc1)c1cc(F)ccc1O)OCc1ccccc1. The number of esters is 1. The van der Waals surface area contributed by atoms with Gasteiger partial charge in [0.2, 0.25) is 0 Å². The largest absolute Gasteiger partial charge is 0.507 e. The van der Waals surface area contributed by atoms with E-state index >= 15 is 0 Å². The zero-order chi connectivity index (χ0) is 21.3. The predicted molar refractivity (Wildman–Crippen MR) is 115 cm³/mol. The summed E-state index contributed by atoms with van der Waals surface area (Å²) >= 11 is 5.95. The molecule has 0 heterocycles. The molecule has 0 aliphatic heterocycles. The zero-order valence-corrected chi connectivity index (χ0v) is 17.0. The van der Waals surface area contributed by atoms with Gasteiger partial charge in [-0.2, -0.15) is 0 Å². The van der Waals surface area contributed by atoms with Gasteiger partial charge in [-0.05, 0) is 42.3 Å². The maximum absolute atomic E-state index is 13.8. The van der Waals surface area contributed by atoms with Gasteiger partial charge < -0.3 is 9.84 Å². The van der Waals surface area contributed by atoms with Gasteiger partial charge in [0.05, 0.1) is 5.71 Å². The highest BCUT2D eigenvalue weighted by Crippen LogP contribution is 2.23. The number of hydrogen-bond donors (Lipinski definition) is 1. The summed E-state index contributed by atoms with van der Waals surface area (Å²) in [5.74, 6) is -0.864. The van der Waals surface area contributed by atoms with E-state index in [1.165, 1.54) is 18.2 Å². The summed E-state index contributed by atoms with van der Waals surface area (Å²) in [6, 6.07) is 20.1. The van der Waals surface area contributed by atoms with E-state index in [0.717, 1.165) is 5.56 Å². The summed E-state index contributed by atoms with van der Waals surface area (Å²) in [4.78, 5) is 16.5. The maximum Gasteiger partial charge on any atom is 0.306 e. The Hall–Kier alpha value is -3.18. The molecule has 0 amide bonds. The van der Waals surface area contributed by atoms with Gasteiger partial charge in [-0.3, -0.25) is 9.79 Å². The Kier molecular flexibility index (Phi) is 7.57. The quantitative estimate of drug-likeness (QED) is 0.292. The molecule has 4 nitrogen and oxygen atoms in total. The fraction of sp³-hybridized carbons (Fsp3) is 0.167. The predicted octanol–water partition coefficient (Wildman–Crippen LogP) is 5.55. The van der Waals surface area contributed by atoms with Gasteiger partial charge in [0.1, 0.15) is 18.2 Å². The highest BCUT2D eigenvalue weighted by atomic mass is 35.5. The minimum atomic E-state index is -0.478. The molecule has 0 saturated heterocycles. The van der Waals surface area contributed by atoms with Gasteiger partial charge in [0.15, 0.2) is 0 Å². The van der Waals surface area contributed by atoms with Crippen LogP contribution in [-0.2, 0) is 16.1 Å². The summed E-state index contributed by atoms with van der Waals surface area (Å²) in [5.41, 5.74) is 2.33. The highest BCUT2D eigenvalue weighted by Gasteiger charge is 2.13. The normalized spacial score (nSPS) is 11.3. The Morgan fingerprint density at radius 3 is 2.50 bits per heavy atom. The van der Waals surface area contributed by atoms with Gasteiger partial charge >= 0.3 is 5.97 Å². The first-order valence-corrected chi connectivity index (χ1v) is 9.89. The Morgan fingerprint density at radius 1 is 1.03 bits per heavy atom. The van der Waals surface area contributed by atoms with Crippen LogP contribution in [0.1, 0.15) is 29.5 Å². The molecule has 3 aromatic rings. The number of halogens is 2. The second-order valence-electron chi connectivity index (χ2n) is 6.65. The van der Waals surface area contributed by atoms with Gasteiger partial charge in [-0.15, -0.1) is 0 Å². The Bertz CT molecular complexity index is 1020. The molecule has 0 unspecified atom stereocenters. The molecule has 0 aliphatic carbocycles. The van der Waals surface area contributed by atoms with Crippen LogP contribution in [0.2, 0.25) is 5.02 Å². The second kappa shape index (κ2) is 10.6. The van der Waals surface area contributed by atoms with Crippen molar-refractivity contribution in [2.75, 3.05) is 6.54 Å². The molecular formula is C24H21ClFNO3. The van der Waals surface area contributed by atoms with Gasteiger partial charge in [-0.1, -0.05) is 54.1 Å². The molecule has 154 valence electrons. The van der Waals surface area contributed by atoms with Gasteiger partial charge in [-0.25, -0.2) is 4.39 Å². The van der Waals surface area contributed by atoms with Crippen LogP contribution in [-0.4, -0.2) is 23.3 Å². The molecule has 0 spiro atoms. The fourth-order valence-electron chi connectivity index (χ4n) is 2.86. The summed E-state index contributed by atoms with van der Waals surface area (Å²) < 4.78 is 19.0. The van der Waals surface area contributed by atoms with E-state index in [1.807, 2.05) is 30.3 Å². The number of aromatic hydroxyl groups is 1. The van der Waals surface area contributed by atoms with Crippen LogP contribution in [0.25, 0.3) is 0 Å². The summed E-state index contributed by atoms with van der Waals surface area (Å²) in [6.45, 7) is 0.546. The maximum atomic E-state index is 13.8. The van der Waals surface area contributed by atoms with Crippen molar-refractivity contribution in [3.05, 3.63) is 100 Å². The van der Waals surface area contributed by atoms with Gasteiger partial charge in [0.25, 0.3) is 0 Å². The first kappa shape index (κ1) is 21.5. The molecular weight excluding hydrogens is 405 g/mol. The lowest BCUT2D eigenvalue weighted by atomic mass is 10.0. The molecule has 3 aromatic carbocycles. The Balaban J connectivity index is 1.66. The van der Waals surface area contributed by atoms with Crippen molar-refractivity contribution in [3.63, 3.8) is 0 Å². The fourth-order valence-corrected chi connectivity index (χ4v) is 2.99. The lowest BCUT2D eigenvalue weighted by molar-refractivity contribution is -0.145. The molecule has 30 heavy (non-hydrogen) atoms. The number of benzene rings is 3. The molecule has 0 fully saturated rings. The number of nitrogens with zero attached hydrogens (tertiary/aromatic N) is 1. The Labute approximate surface area is 179 Å². The van der Waals surface area contributed by atoms with Gasteiger partial charge in [0, 0.05) is 29.1 Å². The highest BCUT2D eigenvalue weighted by molar-refractivity contribution is 6.30. The van der Waals surface area contributed by atoms with E-state index in [-0.39, 0.29) is 30.3 Å². The van der Waals surface area contributed by atoms with Crippen molar-refractivity contribution in [2.45, 2.75) is 19.4 Å². The van der Waals surface area contributed by atoms with Crippen LogP contribution in [0.4, 0.5) is 4.39 Å². The number of ether oxygens (including phenoxy) is 1. The minimum absolute atomic E-state index is 0.0765. The van der Waals surface area contributed by atoms with Crippen molar-refractivity contribution < 1.29 is 19.0 Å². The van der Waals surface area contributed by atoms with E-state index < -0.39 is 5.82 Å². The molecule has 6 heteroatoms. The standard InChI is InChI=1S/C24H21ClFNO3/c25-19-10-8-18(9-11-19)24(21-15-20(26)12-13-22(21)28)27-14-4-7-23(29)30-16-17-5-2-1-3-6-17/h1-3,5-6,8-13,15,28H,4,7,14,16H2. The third kappa shape index (κ3) is 6.16. The van der Waals surface area contributed by atoms with Crippen molar-refractivity contribution in [3.8, 4) is 5.75 Å². The molecule has 0 radical (unpaired) electrons. The van der Waals surface area contributed by atoms with Crippen LogP contribution in [0, 0.1) is 5.82 Å². The number of phenolic OH excluding ortho intramolecular Hbond substituents is 1. The van der Waals surface area contributed by atoms with Crippen LogP contribution < -0.4 is 0 Å². The zero-order valence-electron chi connectivity index (χ0n) is 16.2. The molecule has 3 rings (SSSR count). The molecule has 1 N–H and O–H groups in total. The van der Waals surface area contributed by atoms with Crippen LogP contribution in [0.5, 0.6) is 5.75 Å². The third-order valence-corrected chi connectivity index (χ3v) is 4.63. The number of aliphatic imine (C=N–C) groups is 1. The average Bonchev–Trinajstić information content (AvgIpc) is 2.76. The molecule has 0 atom stereocenters. The molecule has 0 saturated carbocycles. The lowest BCUT2D eigenvalue weighted by Crippen LogP contribution is -2.08. The van der Waals surface area contributed by atoms with E-state index in [2.05, 4.69) is 4.99 Å². The first-order chi connectivity index (χ1) is 14.5. The van der Waals surface area contributed by atoms with E-state index in [4.69, 9.17) is 16.3 Å². The third-order valence-electron chi connectivity index (χ3n) is 4.38. The summed E-state index contributed by atoms with van der Waals surface area (Å²) in [6.07, 6.45) is 0.667. The molecule has 0 aromatic heterocycles. The van der Waals surface area contributed by atoms with Crippen molar-refractivity contribution in [2.24, 2.45) is 4.99 Å².